The molecule has 5 rings (SSSR count). The number of nitrogens with zero attached hydrogens (tertiary/aromatic N) is 2. The molecule has 0 atom stereocenters. The Balaban J connectivity index is 0.000000198. The molecule has 4 aromatic rings. The Labute approximate surface area is 254 Å². The maximum atomic E-state index is 12.1. The predicted molar refractivity (Wildman–Crippen MR) is 139 cm³/mol. The molecule has 1 aliphatic heterocycles. The molecule has 4 N–H and O–H groups in total. The quantitative estimate of drug-likeness (QED) is 0.210. The van der Waals surface area contributed by atoms with Crippen molar-refractivity contribution in [1.29, 1.82) is 0 Å². The fourth-order valence-corrected chi connectivity index (χ4v) is 3.96. The summed E-state index contributed by atoms with van der Waals surface area (Å²) in [5, 5.41) is 11.4. The van der Waals surface area contributed by atoms with E-state index in [-0.39, 0.29) is 57.3 Å². The van der Waals surface area contributed by atoms with Crippen molar-refractivity contribution in [1.82, 2.24) is 20.4 Å². The minimum atomic E-state index is 0. The molecule has 0 spiro atoms. The van der Waals surface area contributed by atoms with E-state index >= 15 is 0 Å². The summed E-state index contributed by atoms with van der Waals surface area (Å²) in [5.74, 6) is 0.0893. The summed E-state index contributed by atoms with van der Waals surface area (Å²) < 4.78 is 0. The number of nitrogens with two attached hydrogens (primary N) is 1. The molecule has 36 heavy (non-hydrogen) atoms. The first-order chi connectivity index (χ1) is 17.0. The smallest absolute Gasteiger partial charge is 0.449 e. The molecule has 1 saturated heterocycles. The topological polar surface area (TPSA) is 104 Å². The standard InChI is InChI=1S/C15H12N3O.C13H16N2O.K/c16-13-8-15-12(7-11(13)9-19)14(17-18-15)6-10-4-2-1-3-5-10;1-10-3-4-12(9-11(10)2)13(16)15-7-5-14-6-8-15;/h1-5,7-8H,6,16H2,(H,17,18);3-4,9,14H,1-2,5-8H2;/q-1;-2;+1. The number of aromatic nitrogens is 2. The van der Waals surface area contributed by atoms with Gasteiger partial charge < -0.3 is 20.7 Å². The van der Waals surface area contributed by atoms with Crippen molar-refractivity contribution in [3.8, 4) is 0 Å². The van der Waals surface area contributed by atoms with E-state index in [1.807, 2.05) is 47.6 Å². The number of anilines is 1. The van der Waals surface area contributed by atoms with Crippen LogP contribution in [0, 0.1) is 13.8 Å². The summed E-state index contributed by atoms with van der Waals surface area (Å²) in [7, 11) is 0. The number of carbonyl (C=O) groups is 1. The van der Waals surface area contributed by atoms with Gasteiger partial charge in [-0.25, -0.2) is 12.1 Å². The van der Waals surface area contributed by atoms with E-state index < -0.39 is 0 Å². The molecule has 180 valence electrons. The number of amides is 1. The number of piperazine rings is 1. The van der Waals surface area contributed by atoms with Gasteiger partial charge in [0.1, 0.15) is 0 Å². The molecule has 7 nitrogen and oxygen atoms in total. The van der Waals surface area contributed by atoms with Crippen molar-refractivity contribution in [2.45, 2.75) is 6.42 Å². The largest absolute Gasteiger partial charge is 1.00 e. The average Bonchev–Trinajstić information content (AvgIpc) is 3.27. The van der Waals surface area contributed by atoms with Crippen LogP contribution < -0.4 is 62.4 Å². The Kier molecular flexibility index (Phi) is 10.2. The first-order valence-corrected chi connectivity index (χ1v) is 11.4. The minimum Gasteiger partial charge on any atom is -0.449 e. The Morgan fingerprint density at radius 1 is 1.03 bits per heavy atom. The van der Waals surface area contributed by atoms with Gasteiger partial charge in [0.2, 0.25) is 5.91 Å². The van der Waals surface area contributed by atoms with Crippen LogP contribution in [-0.2, 0) is 11.2 Å². The molecule has 3 aromatic carbocycles. The first kappa shape index (κ1) is 28.0. The van der Waals surface area contributed by atoms with Crippen molar-refractivity contribution in [2.24, 2.45) is 0 Å². The molecule has 1 aromatic heterocycles. The third kappa shape index (κ3) is 6.79. The van der Waals surface area contributed by atoms with Gasteiger partial charge in [-0.15, -0.1) is 17.7 Å². The second kappa shape index (κ2) is 13.1. The Morgan fingerprint density at radius 3 is 2.42 bits per heavy atom. The summed E-state index contributed by atoms with van der Waals surface area (Å²) in [4.78, 5) is 24.8. The number of H-pyrrole nitrogens is 1. The molecule has 1 amide bonds. The minimum absolute atomic E-state index is 0. The van der Waals surface area contributed by atoms with Crippen LogP contribution in [0.4, 0.5) is 5.69 Å². The predicted octanol–water partition coefficient (Wildman–Crippen LogP) is 0.294. The van der Waals surface area contributed by atoms with E-state index in [0.717, 1.165) is 60.3 Å². The van der Waals surface area contributed by atoms with Gasteiger partial charge in [-0.2, -0.15) is 5.10 Å². The van der Waals surface area contributed by atoms with E-state index in [1.165, 1.54) is 5.56 Å². The number of nitrogens with one attached hydrogen (secondary N) is 2. The van der Waals surface area contributed by atoms with Crippen LogP contribution in [0.2, 0.25) is 0 Å². The zero-order chi connectivity index (χ0) is 24.8. The van der Waals surface area contributed by atoms with Crippen LogP contribution in [0.25, 0.3) is 10.9 Å². The van der Waals surface area contributed by atoms with Crippen LogP contribution in [0.3, 0.4) is 0 Å². The number of hydrogen-bond donors (Lipinski definition) is 3. The Hall–Kier alpha value is -2.59. The summed E-state index contributed by atoms with van der Waals surface area (Å²) in [5.41, 5.74) is 11.8. The van der Waals surface area contributed by atoms with Crippen molar-refractivity contribution < 1.29 is 61.0 Å². The van der Waals surface area contributed by atoms with Crippen molar-refractivity contribution in [3.63, 3.8) is 0 Å². The van der Waals surface area contributed by atoms with Crippen molar-refractivity contribution in [3.05, 3.63) is 108 Å². The summed E-state index contributed by atoms with van der Waals surface area (Å²) in [6, 6.07) is 19.0. The van der Waals surface area contributed by atoms with Gasteiger partial charge in [-0.1, -0.05) is 42.1 Å². The third-order valence-corrected chi connectivity index (χ3v) is 6.00. The van der Waals surface area contributed by atoms with E-state index in [9.17, 15) is 9.59 Å². The second-order valence-electron chi connectivity index (χ2n) is 8.45. The fraction of sp³-hybridized carbons (Fsp3) is 0.179. The molecule has 0 saturated carbocycles. The zero-order valence-corrected chi connectivity index (χ0v) is 23.6. The number of rotatable bonds is 4. The average molecular weight is 506 g/mol. The number of fused-ring (bicyclic) bond motifs is 1. The fourth-order valence-electron chi connectivity index (χ4n) is 3.96. The second-order valence-corrected chi connectivity index (χ2v) is 8.45. The molecule has 0 unspecified atom stereocenters. The SMILES string of the molecule is Nc1cc2n[nH]c(Cc3ccccc3)c2cc1[C-]=O.[CH2-]c1ccc(C(=O)N2CCNCC2)cc1[CH2-].[K+]. The molecule has 8 heteroatoms. The van der Waals surface area contributed by atoms with Gasteiger partial charge in [-0.3, -0.25) is 34.9 Å². The van der Waals surface area contributed by atoms with Gasteiger partial charge in [0.05, 0.1) is 11.8 Å². The summed E-state index contributed by atoms with van der Waals surface area (Å²) in [6.07, 6.45) is 2.59. The molecular weight excluding hydrogens is 477 g/mol. The molecule has 1 fully saturated rings. The molecular formula is C28H28KN5O2-2. The van der Waals surface area contributed by atoms with E-state index in [0.29, 0.717) is 16.8 Å². The van der Waals surface area contributed by atoms with Crippen LogP contribution in [0.15, 0.2) is 60.7 Å². The van der Waals surface area contributed by atoms with E-state index in [2.05, 4.69) is 41.5 Å². The number of nitrogen functional groups attached to an aromatic ring is 1. The number of carbonyl (C=O) groups excluding carboxylic acids is 2. The number of aromatic amines is 1. The summed E-state index contributed by atoms with van der Waals surface area (Å²) >= 11 is 0. The number of benzene rings is 3. The maximum Gasteiger partial charge on any atom is 1.00 e. The van der Waals surface area contributed by atoms with Crippen molar-refractivity contribution in [2.75, 3.05) is 31.9 Å². The Bertz CT molecular complexity index is 1330. The van der Waals surface area contributed by atoms with Crippen LogP contribution >= 0.6 is 0 Å². The zero-order valence-electron chi connectivity index (χ0n) is 20.5. The third-order valence-electron chi connectivity index (χ3n) is 6.00. The van der Waals surface area contributed by atoms with Gasteiger partial charge in [0, 0.05) is 38.3 Å². The van der Waals surface area contributed by atoms with Crippen LogP contribution in [0.5, 0.6) is 0 Å². The molecule has 0 radical (unpaired) electrons. The van der Waals surface area contributed by atoms with Gasteiger partial charge in [-0.05, 0) is 16.5 Å². The normalized spacial score (nSPS) is 12.8. The molecule has 2 heterocycles. The Morgan fingerprint density at radius 2 is 1.75 bits per heavy atom. The van der Waals surface area contributed by atoms with Crippen molar-refractivity contribution >= 4 is 28.8 Å². The van der Waals surface area contributed by atoms with Gasteiger partial charge >= 0.3 is 51.4 Å². The monoisotopic (exact) mass is 505 g/mol. The summed E-state index contributed by atoms with van der Waals surface area (Å²) in [6.45, 7) is 11.0. The molecule has 1 aliphatic rings. The number of hydrogen-bond acceptors (Lipinski definition) is 5. The van der Waals surface area contributed by atoms with E-state index in [4.69, 9.17) is 5.73 Å². The maximum absolute atomic E-state index is 12.1. The first-order valence-electron chi connectivity index (χ1n) is 11.4. The van der Waals surface area contributed by atoms with Gasteiger partial charge in [0.25, 0.3) is 0 Å². The molecule has 0 bridgehead atoms. The van der Waals surface area contributed by atoms with Crippen LogP contribution in [0.1, 0.15) is 38.3 Å². The van der Waals surface area contributed by atoms with E-state index in [1.54, 1.807) is 12.1 Å². The van der Waals surface area contributed by atoms with Crippen LogP contribution in [-0.4, -0.2) is 53.5 Å². The molecule has 0 aliphatic carbocycles. The van der Waals surface area contributed by atoms with Gasteiger partial charge in [0.15, 0.2) is 0 Å².